The molecule has 0 radical (unpaired) electrons. The van der Waals surface area contributed by atoms with Crippen molar-refractivity contribution in [3.8, 4) is 0 Å². The summed E-state index contributed by atoms with van der Waals surface area (Å²) in [4.78, 5) is 38.0. The first kappa shape index (κ1) is 22.8. The van der Waals surface area contributed by atoms with Crippen molar-refractivity contribution in [1.29, 1.82) is 0 Å². The second kappa shape index (κ2) is 7.57. The van der Waals surface area contributed by atoms with E-state index in [9.17, 15) is 14.4 Å². The number of carbonyl (C=O) groups excluding carboxylic acids is 3. The summed E-state index contributed by atoms with van der Waals surface area (Å²) < 4.78 is 6.08. The van der Waals surface area contributed by atoms with Crippen molar-refractivity contribution in [3.63, 3.8) is 0 Å². The molecular weight excluding hydrogens is 412 g/mol. The maximum absolute atomic E-state index is 13.3. The van der Waals surface area contributed by atoms with Gasteiger partial charge in [-0.05, 0) is 49.5 Å². The molecule has 7 atom stereocenters. The van der Waals surface area contributed by atoms with Crippen LogP contribution < -0.4 is 0 Å². The number of fused-ring (bicyclic) bond motifs is 5. The lowest BCUT2D eigenvalue weighted by Gasteiger charge is -2.56. The van der Waals surface area contributed by atoms with Crippen LogP contribution in [0.4, 0.5) is 0 Å². The average Bonchev–Trinajstić information content (AvgIpc) is 2.96. The van der Waals surface area contributed by atoms with Crippen LogP contribution in [0.15, 0.2) is 23.3 Å². The lowest BCUT2D eigenvalue weighted by molar-refractivity contribution is -0.187. The minimum Gasteiger partial charge on any atom is -0.450 e. The number of allylic oxidation sites excluding steroid dienone is 4. The summed E-state index contributed by atoms with van der Waals surface area (Å²) in [6, 6.07) is 0. The Kier molecular flexibility index (Phi) is 5.56. The molecule has 0 heterocycles. The number of esters is 1. The Balaban J connectivity index is 1.83. The van der Waals surface area contributed by atoms with Gasteiger partial charge in [-0.15, -0.1) is 11.6 Å². The second-order valence-corrected chi connectivity index (χ2v) is 11.1. The normalized spacial score (nSPS) is 43.9. The SMILES string of the molecule is CCC(=O)O[C@]1(C(=O)CCl)[C@@H](C)C[C@H]2[C@@H]3C[C@H](C)C4=CC(=O)CC[C@]4(C)C3=CC[C@@]21C. The fourth-order valence-electron chi connectivity index (χ4n) is 7.82. The standard InChI is InChI=1S/C26H35ClO4/c1-6-23(30)31-26(22(29)14-27)16(3)12-21-18-11-15(2)20-13-17(28)7-9-24(20,4)19(18)8-10-25(21,26)5/h8,13,15-16,18,21H,6-7,9-12,14H2,1-5H3/t15-,16-,18+,21-,24+,25-,26-/m0/s1. The van der Waals surface area contributed by atoms with Crippen molar-refractivity contribution in [2.24, 2.45) is 34.5 Å². The second-order valence-electron chi connectivity index (χ2n) is 10.8. The molecule has 0 aromatic heterocycles. The van der Waals surface area contributed by atoms with Gasteiger partial charge >= 0.3 is 5.97 Å². The predicted octanol–water partition coefficient (Wildman–Crippen LogP) is 5.43. The van der Waals surface area contributed by atoms with Crippen LogP contribution in [0.25, 0.3) is 0 Å². The van der Waals surface area contributed by atoms with E-state index >= 15 is 0 Å². The molecular formula is C26H35ClO4. The zero-order valence-corrected chi connectivity index (χ0v) is 20.2. The maximum Gasteiger partial charge on any atom is 0.306 e. The third-order valence-electron chi connectivity index (χ3n) is 9.30. The minimum atomic E-state index is -1.17. The first-order chi connectivity index (χ1) is 14.5. The fourth-order valence-corrected chi connectivity index (χ4v) is 8.02. The van der Waals surface area contributed by atoms with E-state index in [2.05, 4.69) is 33.8 Å². The minimum absolute atomic E-state index is 0.0787. The predicted molar refractivity (Wildman–Crippen MR) is 121 cm³/mol. The van der Waals surface area contributed by atoms with Gasteiger partial charge in [0.2, 0.25) is 0 Å². The lowest BCUT2D eigenvalue weighted by atomic mass is 9.48. The van der Waals surface area contributed by atoms with Crippen LogP contribution in [0, 0.1) is 34.5 Å². The van der Waals surface area contributed by atoms with Crippen molar-refractivity contribution < 1.29 is 19.1 Å². The van der Waals surface area contributed by atoms with Gasteiger partial charge in [-0.1, -0.05) is 51.8 Å². The van der Waals surface area contributed by atoms with E-state index in [0.29, 0.717) is 24.7 Å². The molecule has 0 aromatic rings. The van der Waals surface area contributed by atoms with Crippen LogP contribution in [-0.2, 0) is 19.1 Å². The fraction of sp³-hybridized carbons (Fsp3) is 0.731. The molecule has 0 bridgehead atoms. The summed E-state index contributed by atoms with van der Waals surface area (Å²) in [6.45, 7) is 10.5. The van der Waals surface area contributed by atoms with E-state index < -0.39 is 11.0 Å². The van der Waals surface area contributed by atoms with Crippen molar-refractivity contribution in [1.82, 2.24) is 0 Å². The number of alkyl halides is 1. The van der Waals surface area contributed by atoms with Gasteiger partial charge in [0.25, 0.3) is 0 Å². The first-order valence-corrected chi connectivity index (χ1v) is 12.3. The quantitative estimate of drug-likeness (QED) is 0.328. The highest BCUT2D eigenvalue weighted by Gasteiger charge is 2.70. The lowest BCUT2D eigenvalue weighted by Crippen LogP contribution is -2.59. The van der Waals surface area contributed by atoms with Gasteiger partial charge in [-0.25, -0.2) is 0 Å². The molecule has 4 nitrogen and oxygen atoms in total. The molecule has 0 aromatic carbocycles. The van der Waals surface area contributed by atoms with Crippen LogP contribution in [-0.4, -0.2) is 29.0 Å². The highest BCUT2D eigenvalue weighted by Crippen LogP contribution is 2.68. The number of ketones is 2. The summed E-state index contributed by atoms with van der Waals surface area (Å²) in [5.41, 5.74) is 0.996. The Labute approximate surface area is 190 Å². The van der Waals surface area contributed by atoms with E-state index in [1.54, 1.807) is 6.92 Å². The van der Waals surface area contributed by atoms with Crippen LogP contribution in [0.3, 0.4) is 0 Å². The number of Topliss-reactive ketones (excluding diaryl/α,β-unsaturated/α-hetero) is 1. The summed E-state index contributed by atoms with van der Waals surface area (Å²) in [7, 11) is 0. The van der Waals surface area contributed by atoms with E-state index in [1.165, 1.54) is 11.1 Å². The molecule has 5 heteroatoms. The van der Waals surface area contributed by atoms with Crippen LogP contribution in [0.1, 0.15) is 73.1 Å². The topological polar surface area (TPSA) is 60.4 Å². The van der Waals surface area contributed by atoms with Gasteiger partial charge in [0.15, 0.2) is 17.2 Å². The third kappa shape index (κ3) is 2.96. The molecule has 31 heavy (non-hydrogen) atoms. The highest BCUT2D eigenvalue weighted by atomic mass is 35.5. The van der Waals surface area contributed by atoms with Gasteiger partial charge < -0.3 is 4.74 Å². The average molecular weight is 447 g/mol. The molecule has 4 rings (SSSR count). The summed E-state index contributed by atoms with van der Waals surface area (Å²) in [6.07, 6.45) is 8.44. The van der Waals surface area contributed by atoms with Crippen molar-refractivity contribution in [2.45, 2.75) is 78.7 Å². The summed E-state index contributed by atoms with van der Waals surface area (Å²) in [5.74, 6) is 0.428. The van der Waals surface area contributed by atoms with Crippen LogP contribution in [0.5, 0.6) is 0 Å². The van der Waals surface area contributed by atoms with Gasteiger partial charge in [0, 0.05) is 29.6 Å². The Hall–Kier alpha value is -1.42. The van der Waals surface area contributed by atoms with Crippen molar-refractivity contribution in [3.05, 3.63) is 23.3 Å². The van der Waals surface area contributed by atoms with Gasteiger partial charge in [0.05, 0.1) is 5.88 Å². The molecule has 0 saturated heterocycles. The number of ether oxygens (including phenoxy) is 1. The highest BCUT2D eigenvalue weighted by molar-refractivity contribution is 6.29. The van der Waals surface area contributed by atoms with E-state index in [1.807, 2.05) is 6.08 Å². The van der Waals surface area contributed by atoms with Gasteiger partial charge in [0.1, 0.15) is 0 Å². The first-order valence-electron chi connectivity index (χ1n) is 11.8. The van der Waals surface area contributed by atoms with Gasteiger partial charge in [-0.2, -0.15) is 0 Å². The smallest absolute Gasteiger partial charge is 0.306 e. The van der Waals surface area contributed by atoms with E-state index in [-0.39, 0.29) is 47.1 Å². The number of rotatable bonds is 4. The Morgan fingerprint density at radius 2 is 1.90 bits per heavy atom. The Morgan fingerprint density at radius 1 is 1.19 bits per heavy atom. The number of hydrogen-bond donors (Lipinski definition) is 0. The molecule has 0 amide bonds. The Bertz CT molecular complexity index is 888. The largest absolute Gasteiger partial charge is 0.450 e. The molecule has 4 aliphatic carbocycles. The summed E-state index contributed by atoms with van der Waals surface area (Å²) >= 11 is 6.10. The van der Waals surface area contributed by atoms with Crippen LogP contribution in [0.2, 0.25) is 0 Å². The molecule has 170 valence electrons. The Morgan fingerprint density at radius 3 is 2.55 bits per heavy atom. The zero-order valence-electron chi connectivity index (χ0n) is 19.4. The van der Waals surface area contributed by atoms with Crippen molar-refractivity contribution in [2.75, 3.05) is 5.88 Å². The molecule has 2 fully saturated rings. The molecule has 0 spiro atoms. The monoisotopic (exact) mass is 446 g/mol. The maximum atomic E-state index is 13.3. The van der Waals surface area contributed by atoms with Gasteiger partial charge in [-0.3, -0.25) is 14.4 Å². The number of halogens is 1. The molecule has 0 unspecified atom stereocenters. The third-order valence-corrected chi connectivity index (χ3v) is 9.54. The van der Waals surface area contributed by atoms with E-state index in [4.69, 9.17) is 16.3 Å². The van der Waals surface area contributed by atoms with Crippen LogP contribution >= 0.6 is 11.6 Å². The zero-order chi connectivity index (χ0) is 22.8. The molecule has 0 aliphatic heterocycles. The number of hydrogen-bond acceptors (Lipinski definition) is 4. The summed E-state index contributed by atoms with van der Waals surface area (Å²) in [5, 5.41) is 0. The molecule has 4 aliphatic rings. The molecule has 0 N–H and O–H groups in total. The van der Waals surface area contributed by atoms with E-state index in [0.717, 1.165) is 19.3 Å². The molecule has 2 saturated carbocycles. The number of carbonyl (C=O) groups is 3. The van der Waals surface area contributed by atoms with Crippen molar-refractivity contribution >= 4 is 29.1 Å².